The molecule has 0 saturated heterocycles. The van der Waals surface area contributed by atoms with Crippen LogP contribution in [0.2, 0.25) is 0 Å². The summed E-state index contributed by atoms with van der Waals surface area (Å²) in [6, 6.07) is 0. The van der Waals surface area contributed by atoms with Crippen molar-refractivity contribution in [3.05, 3.63) is 24.3 Å². The van der Waals surface area contributed by atoms with E-state index in [0.29, 0.717) is 12.8 Å². The Hall–Kier alpha value is -0.300. The lowest BCUT2D eigenvalue weighted by Crippen LogP contribution is -1.92. The first-order valence-corrected chi connectivity index (χ1v) is 13.0. The molecule has 28 heavy (non-hydrogen) atoms. The molecule has 0 aromatic carbocycles. The molecule has 8 nitrogen and oxygen atoms in total. The van der Waals surface area contributed by atoms with Crippen molar-refractivity contribution in [1.29, 1.82) is 0 Å². The zero-order valence-electron chi connectivity index (χ0n) is 16.5. The van der Waals surface area contributed by atoms with Crippen molar-refractivity contribution in [3.8, 4) is 0 Å². The van der Waals surface area contributed by atoms with Crippen molar-refractivity contribution in [2.45, 2.75) is 77.0 Å². The maximum atomic E-state index is 10.5. The SMILES string of the molecule is O=P(O)(O)OCCCCC/C=C/C/C=C/CCCCCCCCOP(=O)(O)O. The molecule has 0 spiro atoms. The Morgan fingerprint density at radius 3 is 1.32 bits per heavy atom. The van der Waals surface area contributed by atoms with Gasteiger partial charge in [0.2, 0.25) is 0 Å². The number of hydrogen-bond acceptors (Lipinski definition) is 4. The van der Waals surface area contributed by atoms with Gasteiger partial charge in [0.25, 0.3) is 0 Å². The molecule has 4 N–H and O–H groups in total. The van der Waals surface area contributed by atoms with Crippen LogP contribution in [0.15, 0.2) is 24.3 Å². The van der Waals surface area contributed by atoms with E-state index in [1.807, 2.05) is 0 Å². The number of phosphoric acid groups is 2. The first-order valence-electron chi connectivity index (χ1n) is 9.91. The molecule has 0 saturated carbocycles. The number of hydrogen-bond donors (Lipinski definition) is 4. The second kappa shape index (κ2) is 17.5. The molecular weight excluding hydrogens is 406 g/mol. The lowest BCUT2D eigenvalue weighted by Gasteiger charge is -2.04. The average Bonchev–Trinajstić information content (AvgIpc) is 2.58. The fraction of sp³-hybridized carbons (Fsp3) is 0.778. The minimum absolute atomic E-state index is 0.0990. The highest BCUT2D eigenvalue weighted by molar-refractivity contribution is 7.46. The molecule has 0 amide bonds. The monoisotopic (exact) mass is 442 g/mol. The quantitative estimate of drug-likeness (QED) is 0.125. The summed E-state index contributed by atoms with van der Waals surface area (Å²) in [7, 11) is -8.62. The van der Waals surface area contributed by atoms with E-state index in [4.69, 9.17) is 19.6 Å². The molecule has 0 radical (unpaired) electrons. The fourth-order valence-corrected chi connectivity index (χ4v) is 3.22. The summed E-state index contributed by atoms with van der Waals surface area (Å²) in [5, 5.41) is 0. The topological polar surface area (TPSA) is 134 Å². The third kappa shape index (κ3) is 25.7. The van der Waals surface area contributed by atoms with Crippen LogP contribution in [0.1, 0.15) is 77.0 Å². The Balaban J connectivity index is 3.28. The second-order valence-electron chi connectivity index (χ2n) is 6.59. The van der Waals surface area contributed by atoms with Crippen LogP contribution in [0, 0.1) is 0 Å². The van der Waals surface area contributed by atoms with E-state index in [9.17, 15) is 9.13 Å². The molecule has 0 bridgehead atoms. The molecule has 0 aromatic rings. The lowest BCUT2D eigenvalue weighted by atomic mass is 10.1. The van der Waals surface area contributed by atoms with E-state index < -0.39 is 15.6 Å². The predicted octanol–water partition coefficient (Wildman–Crippen LogP) is 5.00. The summed E-state index contributed by atoms with van der Waals surface area (Å²) >= 11 is 0. The molecule has 0 aliphatic heterocycles. The number of phosphoric ester groups is 2. The first kappa shape index (κ1) is 27.7. The zero-order chi connectivity index (χ0) is 21.1. The van der Waals surface area contributed by atoms with Gasteiger partial charge in [-0.05, 0) is 44.9 Å². The summed E-state index contributed by atoms with van der Waals surface area (Å²) in [4.78, 5) is 34.1. The maximum absolute atomic E-state index is 10.5. The lowest BCUT2D eigenvalue weighted by molar-refractivity contribution is 0.191. The van der Waals surface area contributed by atoms with Crippen LogP contribution in [0.25, 0.3) is 0 Å². The molecule has 0 aromatic heterocycles. The average molecular weight is 442 g/mol. The van der Waals surface area contributed by atoms with Gasteiger partial charge in [-0.15, -0.1) is 0 Å². The van der Waals surface area contributed by atoms with E-state index in [1.54, 1.807) is 0 Å². The van der Waals surface area contributed by atoms with Gasteiger partial charge in [-0.2, -0.15) is 0 Å². The van der Waals surface area contributed by atoms with E-state index in [0.717, 1.165) is 64.2 Å². The van der Waals surface area contributed by atoms with Gasteiger partial charge in [0.05, 0.1) is 13.2 Å². The van der Waals surface area contributed by atoms with Crippen LogP contribution in [0.4, 0.5) is 0 Å². The molecule has 0 heterocycles. The highest BCUT2D eigenvalue weighted by atomic mass is 31.2. The summed E-state index contributed by atoms with van der Waals surface area (Å²) in [6.07, 6.45) is 20.2. The maximum Gasteiger partial charge on any atom is 0.469 e. The van der Waals surface area contributed by atoms with Crippen molar-refractivity contribution < 1.29 is 37.8 Å². The molecule has 0 unspecified atom stereocenters. The molecule has 166 valence electrons. The van der Waals surface area contributed by atoms with Crippen molar-refractivity contribution in [2.75, 3.05) is 13.2 Å². The second-order valence-corrected chi connectivity index (χ2v) is 9.06. The van der Waals surface area contributed by atoms with Crippen molar-refractivity contribution in [1.82, 2.24) is 0 Å². The molecule has 0 atom stereocenters. The highest BCUT2D eigenvalue weighted by Crippen LogP contribution is 2.36. The smallest absolute Gasteiger partial charge is 0.303 e. The van der Waals surface area contributed by atoms with Crippen LogP contribution in [-0.2, 0) is 18.2 Å². The molecule has 0 rings (SSSR count). The standard InChI is InChI=1S/C18H36O8P2/c19-27(20,21)25-17-15-13-11-9-7-5-3-1-2-4-6-8-10-12-14-16-18-26-28(22,23)24/h1-2,5,7H,3-4,6,8-18H2,(H2,19,20,21)(H2,22,23,24)/b2-1+,7-5+. The highest BCUT2D eigenvalue weighted by Gasteiger charge is 2.12. The van der Waals surface area contributed by atoms with Crippen molar-refractivity contribution in [2.24, 2.45) is 0 Å². The first-order chi connectivity index (χ1) is 13.2. The number of rotatable bonds is 19. The summed E-state index contributed by atoms with van der Waals surface area (Å²) in [5.74, 6) is 0. The normalized spacial score (nSPS) is 13.1. The van der Waals surface area contributed by atoms with Gasteiger partial charge in [-0.3, -0.25) is 9.05 Å². The van der Waals surface area contributed by atoms with E-state index in [-0.39, 0.29) is 13.2 Å². The van der Waals surface area contributed by atoms with E-state index in [2.05, 4.69) is 33.4 Å². The molecule has 10 heteroatoms. The van der Waals surface area contributed by atoms with Crippen LogP contribution < -0.4 is 0 Å². The minimum atomic E-state index is -4.31. The van der Waals surface area contributed by atoms with Gasteiger partial charge in [-0.25, -0.2) is 9.13 Å². The largest absolute Gasteiger partial charge is 0.469 e. The fourth-order valence-electron chi connectivity index (χ4n) is 2.49. The van der Waals surface area contributed by atoms with Crippen LogP contribution >= 0.6 is 15.6 Å². The Kier molecular flexibility index (Phi) is 17.4. The summed E-state index contributed by atoms with van der Waals surface area (Å²) < 4.78 is 29.7. The third-order valence-electron chi connectivity index (χ3n) is 3.90. The third-order valence-corrected chi connectivity index (χ3v) is 4.94. The predicted molar refractivity (Wildman–Crippen MR) is 110 cm³/mol. The van der Waals surface area contributed by atoms with Gasteiger partial charge in [0.15, 0.2) is 0 Å². The Bertz CT molecular complexity index is 510. The van der Waals surface area contributed by atoms with Crippen LogP contribution in [-0.4, -0.2) is 32.8 Å². The van der Waals surface area contributed by atoms with Crippen molar-refractivity contribution in [3.63, 3.8) is 0 Å². The number of unbranched alkanes of at least 4 members (excludes halogenated alkanes) is 9. The van der Waals surface area contributed by atoms with Gasteiger partial charge in [-0.1, -0.05) is 56.4 Å². The van der Waals surface area contributed by atoms with Gasteiger partial charge >= 0.3 is 15.6 Å². The number of allylic oxidation sites excluding steroid dienone is 4. The van der Waals surface area contributed by atoms with E-state index in [1.165, 1.54) is 0 Å². The molecule has 0 aliphatic rings. The Labute approximate surface area is 168 Å². The van der Waals surface area contributed by atoms with Crippen LogP contribution in [0.5, 0.6) is 0 Å². The Morgan fingerprint density at radius 1 is 0.536 bits per heavy atom. The summed E-state index contributed by atoms with van der Waals surface area (Å²) in [6.45, 7) is 0.216. The van der Waals surface area contributed by atoms with Crippen LogP contribution in [0.3, 0.4) is 0 Å². The van der Waals surface area contributed by atoms with Crippen molar-refractivity contribution >= 4 is 15.6 Å². The van der Waals surface area contributed by atoms with E-state index >= 15 is 0 Å². The molecular formula is C18H36O8P2. The zero-order valence-corrected chi connectivity index (χ0v) is 18.3. The Morgan fingerprint density at radius 2 is 0.893 bits per heavy atom. The van der Waals surface area contributed by atoms with Gasteiger partial charge in [0.1, 0.15) is 0 Å². The van der Waals surface area contributed by atoms with Gasteiger partial charge < -0.3 is 19.6 Å². The van der Waals surface area contributed by atoms with Gasteiger partial charge in [0, 0.05) is 0 Å². The molecule has 0 aliphatic carbocycles. The molecule has 0 fully saturated rings. The summed E-state index contributed by atoms with van der Waals surface area (Å²) in [5.41, 5.74) is 0. The minimum Gasteiger partial charge on any atom is -0.303 e.